The van der Waals surface area contributed by atoms with E-state index in [0.29, 0.717) is 27.8 Å². The Morgan fingerprint density at radius 3 is 2.63 bits per heavy atom. The molecule has 0 unspecified atom stereocenters. The molecule has 0 saturated carbocycles. The first-order valence-electron chi connectivity index (χ1n) is 5.72. The molecule has 6 heteroatoms. The average Bonchev–Trinajstić information content (AvgIpc) is 2.35. The first kappa shape index (κ1) is 13.4. The van der Waals surface area contributed by atoms with Crippen LogP contribution in [0.15, 0.2) is 18.3 Å². The lowest BCUT2D eigenvalue weighted by Gasteiger charge is -2.09. The number of amides is 1. The summed E-state index contributed by atoms with van der Waals surface area (Å²) in [6.45, 7) is 5.39. The number of rotatable bonds is 2. The van der Waals surface area contributed by atoms with Crippen LogP contribution < -0.4 is 5.32 Å². The van der Waals surface area contributed by atoms with Crippen molar-refractivity contribution in [2.24, 2.45) is 0 Å². The monoisotopic (exact) mass is 276 g/mol. The Labute approximate surface area is 116 Å². The predicted octanol–water partition coefficient (Wildman–Crippen LogP) is 2.70. The first-order chi connectivity index (χ1) is 8.97. The Morgan fingerprint density at radius 1 is 1.21 bits per heavy atom. The average molecular weight is 277 g/mol. The van der Waals surface area contributed by atoms with Crippen molar-refractivity contribution < 1.29 is 4.79 Å². The van der Waals surface area contributed by atoms with Crippen molar-refractivity contribution in [3.63, 3.8) is 0 Å². The zero-order valence-electron chi connectivity index (χ0n) is 10.9. The lowest BCUT2D eigenvalue weighted by atomic mass is 10.1. The van der Waals surface area contributed by atoms with E-state index in [9.17, 15) is 4.79 Å². The second-order valence-electron chi connectivity index (χ2n) is 4.26. The number of hydrogen-bond donors (Lipinski definition) is 1. The molecular weight excluding hydrogens is 264 g/mol. The van der Waals surface area contributed by atoms with Gasteiger partial charge < -0.3 is 5.32 Å². The Balaban J connectivity index is 2.28. The maximum atomic E-state index is 12.2. The van der Waals surface area contributed by atoms with E-state index in [1.165, 1.54) is 6.20 Å². The van der Waals surface area contributed by atoms with Crippen molar-refractivity contribution in [2.45, 2.75) is 20.8 Å². The van der Waals surface area contributed by atoms with E-state index in [1.54, 1.807) is 26.0 Å². The molecule has 0 aliphatic rings. The van der Waals surface area contributed by atoms with Crippen LogP contribution in [-0.2, 0) is 0 Å². The summed E-state index contributed by atoms with van der Waals surface area (Å²) in [4.78, 5) is 16.1. The number of hydrogen-bond acceptors (Lipinski definition) is 4. The molecule has 98 valence electrons. The molecule has 2 heterocycles. The van der Waals surface area contributed by atoms with E-state index in [4.69, 9.17) is 11.6 Å². The first-order valence-corrected chi connectivity index (χ1v) is 6.09. The van der Waals surface area contributed by atoms with E-state index in [0.717, 1.165) is 5.56 Å². The van der Waals surface area contributed by atoms with E-state index in [-0.39, 0.29) is 5.91 Å². The van der Waals surface area contributed by atoms with Gasteiger partial charge in [-0.05, 0) is 38.5 Å². The Bertz CT molecular complexity index is 643. The van der Waals surface area contributed by atoms with Gasteiger partial charge in [0.25, 0.3) is 5.91 Å². The summed E-state index contributed by atoms with van der Waals surface area (Å²) < 4.78 is 0. The second-order valence-corrected chi connectivity index (χ2v) is 4.65. The van der Waals surface area contributed by atoms with Crippen molar-refractivity contribution >= 4 is 23.2 Å². The van der Waals surface area contributed by atoms with Gasteiger partial charge in [-0.25, -0.2) is 4.98 Å². The van der Waals surface area contributed by atoms with Gasteiger partial charge in [-0.15, -0.1) is 0 Å². The normalized spacial score (nSPS) is 10.3. The van der Waals surface area contributed by atoms with Gasteiger partial charge in [-0.3, -0.25) is 4.79 Å². The maximum absolute atomic E-state index is 12.2. The minimum absolute atomic E-state index is 0.234. The number of aromatic nitrogens is 3. The summed E-state index contributed by atoms with van der Waals surface area (Å²) in [5.41, 5.74) is 3.26. The zero-order valence-corrected chi connectivity index (χ0v) is 11.6. The number of halogens is 1. The molecule has 0 atom stereocenters. The van der Waals surface area contributed by atoms with Crippen molar-refractivity contribution in [3.05, 3.63) is 46.0 Å². The SMILES string of the molecule is Cc1cc(C(=O)Nc2cnc(Cl)cc2C)c(C)nn1. The highest BCUT2D eigenvalue weighted by Gasteiger charge is 2.12. The van der Waals surface area contributed by atoms with E-state index < -0.39 is 0 Å². The van der Waals surface area contributed by atoms with Crippen LogP contribution in [0.4, 0.5) is 5.69 Å². The lowest BCUT2D eigenvalue weighted by molar-refractivity contribution is 0.102. The van der Waals surface area contributed by atoms with Crippen LogP contribution in [-0.4, -0.2) is 21.1 Å². The number of nitrogens with one attached hydrogen (secondary N) is 1. The Hall–Kier alpha value is -2.01. The third-order valence-electron chi connectivity index (χ3n) is 2.67. The van der Waals surface area contributed by atoms with Crippen molar-refractivity contribution in [1.82, 2.24) is 15.2 Å². The molecule has 0 radical (unpaired) electrons. The molecule has 0 saturated heterocycles. The number of aryl methyl sites for hydroxylation is 3. The molecule has 0 fully saturated rings. The molecule has 2 aromatic heterocycles. The molecule has 0 spiro atoms. The Morgan fingerprint density at radius 2 is 1.95 bits per heavy atom. The summed E-state index contributed by atoms with van der Waals surface area (Å²) >= 11 is 5.77. The van der Waals surface area contributed by atoms with Crippen LogP contribution in [0.2, 0.25) is 5.15 Å². The van der Waals surface area contributed by atoms with Gasteiger partial charge in [0.05, 0.1) is 28.8 Å². The van der Waals surface area contributed by atoms with Crippen molar-refractivity contribution in [3.8, 4) is 0 Å². The predicted molar refractivity (Wildman–Crippen MR) is 73.4 cm³/mol. The fraction of sp³-hybridized carbons (Fsp3) is 0.231. The van der Waals surface area contributed by atoms with Gasteiger partial charge in [-0.2, -0.15) is 10.2 Å². The number of nitrogens with zero attached hydrogens (tertiary/aromatic N) is 3. The third kappa shape index (κ3) is 3.06. The second kappa shape index (κ2) is 5.32. The highest BCUT2D eigenvalue weighted by Crippen LogP contribution is 2.18. The molecule has 5 nitrogen and oxygen atoms in total. The highest BCUT2D eigenvalue weighted by molar-refractivity contribution is 6.29. The summed E-state index contributed by atoms with van der Waals surface area (Å²) in [6, 6.07) is 3.40. The fourth-order valence-corrected chi connectivity index (χ4v) is 1.83. The standard InChI is InChI=1S/C13H13ClN4O/c1-7-4-12(14)15-6-11(7)16-13(19)10-5-8(2)17-18-9(10)3/h4-6H,1-3H3,(H,16,19). The summed E-state index contributed by atoms with van der Waals surface area (Å²) in [5, 5.41) is 11.0. The van der Waals surface area contributed by atoms with Crippen LogP contribution in [0.25, 0.3) is 0 Å². The summed E-state index contributed by atoms with van der Waals surface area (Å²) in [5.74, 6) is -0.234. The minimum atomic E-state index is -0.234. The van der Waals surface area contributed by atoms with Crippen LogP contribution in [0, 0.1) is 20.8 Å². The highest BCUT2D eigenvalue weighted by atomic mass is 35.5. The fourth-order valence-electron chi connectivity index (χ4n) is 1.62. The topological polar surface area (TPSA) is 67.8 Å². The largest absolute Gasteiger partial charge is 0.320 e. The number of anilines is 1. The molecule has 1 N–H and O–H groups in total. The molecule has 0 aliphatic heterocycles. The van der Waals surface area contributed by atoms with Gasteiger partial charge in [0, 0.05) is 0 Å². The quantitative estimate of drug-likeness (QED) is 0.857. The van der Waals surface area contributed by atoms with Crippen LogP contribution in [0.1, 0.15) is 27.3 Å². The van der Waals surface area contributed by atoms with Crippen molar-refractivity contribution in [2.75, 3.05) is 5.32 Å². The van der Waals surface area contributed by atoms with Crippen molar-refractivity contribution in [1.29, 1.82) is 0 Å². The van der Waals surface area contributed by atoms with Gasteiger partial charge in [0.15, 0.2) is 0 Å². The van der Waals surface area contributed by atoms with E-state index >= 15 is 0 Å². The molecular formula is C13H13ClN4O. The van der Waals surface area contributed by atoms with E-state index in [2.05, 4.69) is 20.5 Å². The van der Waals surface area contributed by atoms with Crippen LogP contribution in [0.3, 0.4) is 0 Å². The number of carbonyl (C=O) groups excluding carboxylic acids is 1. The van der Waals surface area contributed by atoms with Gasteiger partial charge >= 0.3 is 0 Å². The zero-order chi connectivity index (χ0) is 14.0. The van der Waals surface area contributed by atoms with Crippen LogP contribution >= 0.6 is 11.6 Å². The molecule has 0 aliphatic carbocycles. The molecule has 2 rings (SSSR count). The molecule has 1 amide bonds. The molecule has 2 aromatic rings. The van der Waals surface area contributed by atoms with Crippen LogP contribution in [0.5, 0.6) is 0 Å². The maximum Gasteiger partial charge on any atom is 0.257 e. The summed E-state index contributed by atoms with van der Waals surface area (Å²) in [6.07, 6.45) is 1.53. The molecule has 19 heavy (non-hydrogen) atoms. The third-order valence-corrected chi connectivity index (χ3v) is 2.88. The van der Waals surface area contributed by atoms with Gasteiger partial charge in [0.1, 0.15) is 5.15 Å². The van der Waals surface area contributed by atoms with Gasteiger partial charge in [-0.1, -0.05) is 11.6 Å². The number of pyridine rings is 1. The molecule has 0 bridgehead atoms. The minimum Gasteiger partial charge on any atom is -0.320 e. The van der Waals surface area contributed by atoms with E-state index in [1.807, 2.05) is 6.92 Å². The molecule has 0 aromatic carbocycles. The smallest absolute Gasteiger partial charge is 0.257 e. The Kier molecular flexibility index (Phi) is 3.76. The summed E-state index contributed by atoms with van der Waals surface area (Å²) in [7, 11) is 0. The van der Waals surface area contributed by atoms with Gasteiger partial charge in [0.2, 0.25) is 0 Å². The number of carbonyl (C=O) groups is 1. The lowest BCUT2D eigenvalue weighted by Crippen LogP contribution is -2.16.